The molecule has 2 saturated heterocycles. The highest BCUT2D eigenvalue weighted by molar-refractivity contribution is 5.50. The number of nitrogens with zero attached hydrogens (tertiary/aromatic N) is 7. The van der Waals surface area contributed by atoms with E-state index in [2.05, 4.69) is 29.8 Å². The Kier molecular flexibility index (Phi) is 5.67. The van der Waals surface area contributed by atoms with Crippen LogP contribution in [0.25, 0.3) is 0 Å². The number of piperazine rings is 1. The van der Waals surface area contributed by atoms with Crippen molar-refractivity contribution in [1.29, 1.82) is 0 Å². The molecule has 0 saturated carbocycles. The smallest absolute Gasteiger partial charge is 0.282 e. The number of ether oxygens (including phenoxy) is 1. The third-order valence-corrected chi connectivity index (χ3v) is 5.21. The summed E-state index contributed by atoms with van der Waals surface area (Å²) in [5.41, 5.74) is 0.485. The molecule has 28 heavy (non-hydrogen) atoms. The largest absolute Gasteiger partial charge is 0.378 e. The molecule has 0 aromatic carbocycles. The van der Waals surface area contributed by atoms with Crippen molar-refractivity contribution in [3.8, 4) is 0 Å². The van der Waals surface area contributed by atoms with Crippen LogP contribution in [0.5, 0.6) is 0 Å². The number of hydrogen-bond donors (Lipinski definition) is 0. The van der Waals surface area contributed by atoms with Gasteiger partial charge in [-0.15, -0.1) is 0 Å². The molecule has 0 atom stereocenters. The molecular weight excluding hydrogens is 368 g/mol. The van der Waals surface area contributed by atoms with E-state index in [0.717, 1.165) is 50.9 Å². The summed E-state index contributed by atoms with van der Waals surface area (Å²) in [6.45, 7) is 6.75. The number of morpholine rings is 1. The fourth-order valence-corrected chi connectivity index (χ4v) is 3.71. The van der Waals surface area contributed by atoms with E-state index < -0.39 is 6.43 Å². The van der Waals surface area contributed by atoms with E-state index in [4.69, 9.17) is 4.74 Å². The average Bonchev–Trinajstić information content (AvgIpc) is 3.10. The second kappa shape index (κ2) is 8.36. The highest BCUT2D eigenvalue weighted by Gasteiger charge is 2.23. The number of aryl methyl sites for hydroxylation is 1. The highest BCUT2D eigenvalue weighted by Crippen LogP contribution is 2.24. The first kappa shape index (κ1) is 19.0. The molecule has 2 aliphatic heterocycles. The summed E-state index contributed by atoms with van der Waals surface area (Å²) < 4.78 is 33.1. The summed E-state index contributed by atoms with van der Waals surface area (Å²) >= 11 is 0. The van der Waals surface area contributed by atoms with E-state index in [-0.39, 0.29) is 5.69 Å². The van der Waals surface area contributed by atoms with Gasteiger partial charge in [0.25, 0.3) is 6.43 Å². The van der Waals surface area contributed by atoms with E-state index in [0.29, 0.717) is 25.3 Å². The number of alkyl halides is 2. The summed E-state index contributed by atoms with van der Waals surface area (Å²) in [6.07, 6.45) is 0.751. The molecule has 0 aliphatic carbocycles. The van der Waals surface area contributed by atoms with Crippen molar-refractivity contribution < 1.29 is 13.5 Å². The van der Waals surface area contributed by atoms with Gasteiger partial charge in [0, 0.05) is 70.7 Å². The standard InChI is InChI=1S/C18H25F2N7O/c1-24-11-14(17(23-24)18(19)20)12-25-2-4-26(5-3-25)15-10-16(22-13-21-15)27-6-8-28-9-7-27/h10-11,13,18H,2-9,12H2,1H3. The minimum absolute atomic E-state index is 0.115. The van der Waals surface area contributed by atoms with Crippen molar-refractivity contribution in [2.75, 3.05) is 62.3 Å². The van der Waals surface area contributed by atoms with Crippen molar-refractivity contribution in [1.82, 2.24) is 24.6 Å². The van der Waals surface area contributed by atoms with Crippen molar-refractivity contribution in [3.63, 3.8) is 0 Å². The van der Waals surface area contributed by atoms with E-state index in [1.165, 1.54) is 4.68 Å². The number of aromatic nitrogens is 4. The zero-order chi connectivity index (χ0) is 19.5. The fraction of sp³-hybridized carbons (Fsp3) is 0.611. The Hall–Kier alpha value is -2.33. The zero-order valence-corrected chi connectivity index (χ0v) is 16.0. The molecule has 8 nitrogen and oxygen atoms in total. The Morgan fingerprint density at radius 3 is 2.29 bits per heavy atom. The minimum atomic E-state index is -2.54. The number of halogens is 2. The maximum absolute atomic E-state index is 13.1. The van der Waals surface area contributed by atoms with Crippen LogP contribution in [0.15, 0.2) is 18.6 Å². The molecule has 0 N–H and O–H groups in total. The second-order valence-corrected chi connectivity index (χ2v) is 7.11. The lowest BCUT2D eigenvalue weighted by Crippen LogP contribution is -2.46. The molecule has 0 bridgehead atoms. The fourth-order valence-electron chi connectivity index (χ4n) is 3.71. The van der Waals surface area contributed by atoms with Gasteiger partial charge in [-0.1, -0.05) is 0 Å². The zero-order valence-electron chi connectivity index (χ0n) is 16.0. The van der Waals surface area contributed by atoms with Gasteiger partial charge in [0.05, 0.1) is 13.2 Å². The Morgan fingerprint density at radius 2 is 1.64 bits per heavy atom. The maximum Gasteiger partial charge on any atom is 0.282 e. The summed E-state index contributed by atoms with van der Waals surface area (Å²) in [5, 5.41) is 3.89. The molecule has 4 rings (SSSR count). The van der Waals surface area contributed by atoms with E-state index in [9.17, 15) is 8.78 Å². The highest BCUT2D eigenvalue weighted by atomic mass is 19.3. The van der Waals surface area contributed by atoms with Crippen LogP contribution in [0, 0.1) is 0 Å². The van der Waals surface area contributed by atoms with Crippen molar-refractivity contribution in [2.24, 2.45) is 7.05 Å². The van der Waals surface area contributed by atoms with E-state index >= 15 is 0 Å². The maximum atomic E-state index is 13.1. The van der Waals surface area contributed by atoms with Crippen LogP contribution in [0.3, 0.4) is 0 Å². The first-order chi connectivity index (χ1) is 13.6. The lowest BCUT2D eigenvalue weighted by Gasteiger charge is -2.35. The lowest BCUT2D eigenvalue weighted by atomic mass is 10.2. The van der Waals surface area contributed by atoms with Crippen LogP contribution in [0.1, 0.15) is 17.7 Å². The molecule has 0 spiro atoms. The van der Waals surface area contributed by atoms with Gasteiger partial charge in [-0.05, 0) is 0 Å². The third kappa shape index (κ3) is 4.22. The lowest BCUT2D eigenvalue weighted by molar-refractivity contribution is 0.122. The van der Waals surface area contributed by atoms with Crippen LogP contribution in [0.4, 0.5) is 20.4 Å². The SMILES string of the molecule is Cn1cc(CN2CCN(c3cc(N4CCOCC4)ncn3)CC2)c(C(F)F)n1. The molecule has 2 fully saturated rings. The second-order valence-electron chi connectivity index (χ2n) is 7.11. The van der Waals surface area contributed by atoms with Gasteiger partial charge in [-0.25, -0.2) is 18.7 Å². The Balaban J connectivity index is 1.37. The van der Waals surface area contributed by atoms with Crippen LogP contribution >= 0.6 is 0 Å². The van der Waals surface area contributed by atoms with Gasteiger partial charge in [-0.3, -0.25) is 9.58 Å². The van der Waals surface area contributed by atoms with Crippen LogP contribution in [0.2, 0.25) is 0 Å². The van der Waals surface area contributed by atoms with E-state index in [1.54, 1.807) is 19.6 Å². The molecule has 0 unspecified atom stereocenters. The Labute approximate surface area is 162 Å². The van der Waals surface area contributed by atoms with Gasteiger partial charge in [0.15, 0.2) is 0 Å². The van der Waals surface area contributed by atoms with Gasteiger partial charge < -0.3 is 14.5 Å². The third-order valence-electron chi connectivity index (χ3n) is 5.21. The van der Waals surface area contributed by atoms with Crippen LogP contribution in [-0.2, 0) is 18.3 Å². The first-order valence-corrected chi connectivity index (χ1v) is 9.53. The van der Waals surface area contributed by atoms with Gasteiger partial charge in [0.1, 0.15) is 23.7 Å². The molecule has 0 amide bonds. The number of hydrogen-bond acceptors (Lipinski definition) is 7. The number of rotatable bonds is 5. The molecule has 4 heterocycles. The average molecular weight is 393 g/mol. The van der Waals surface area contributed by atoms with Gasteiger partial charge in [-0.2, -0.15) is 5.10 Å². The quantitative estimate of drug-likeness (QED) is 0.759. The number of anilines is 2. The molecule has 2 aliphatic rings. The van der Waals surface area contributed by atoms with Gasteiger partial charge >= 0.3 is 0 Å². The summed E-state index contributed by atoms with van der Waals surface area (Å²) in [6, 6.07) is 2.02. The molecule has 10 heteroatoms. The topological polar surface area (TPSA) is 62.6 Å². The predicted molar refractivity (Wildman–Crippen MR) is 101 cm³/mol. The first-order valence-electron chi connectivity index (χ1n) is 9.53. The Bertz CT molecular complexity index is 786. The van der Waals surface area contributed by atoms with Crippen molar-refractivity contribution in [3.05, 3.63) is 29.8 Å². The molecule has 152 valence electrons. The molecule has 0 radical (unpaired) electrons. The molecular formula is C18H25F2N7O. The summed E-state index contributed by atoms with van der Waals surface area (Å²) in [7, 11) is 1.68. The Morgan fingerprint density at radius 1 is 1.00 bits per heavy atom. The minimum Gasteiger partial charge on any atom is -0.378 e. The van der Waals surface area contributed by atoms with E-state index in [1.807, 2.05) is 6.07 Å². The molecule has 2 aromatic heterocycles. The van der Waals surface area contributed by atoms with Gasteiger partial charge in [0.2, 0.25) is 0 Å². The van der Waals surface area contributed by atoms with Crippen LogP contribution < -0.4 is 9.80 Å². The van der Waals surface area contributed by atoms with Crippen LogP contribution in [-0.4, -0.2) is 77.1 Å². The van der Waals surface area contributed by atoms with Crippen molar-refractivity contribution >= 4 is 11.6 Å². The summed E-state index contributed by atoms with van der Waals surface area (Å²) in [5.74, 6) is 1.83. The monoisotopic (exact) mass is 393 g/mol. The normalized spacial score (nSPS) is 18.9. The summed E-state index contributed by atoms with van der Waals surface area (Å²) in [4.78, 5) is 15.4. The van der Waals surface area contributed by atoms with Crippen molar-refractivity contribution in [2.45, 2.75) is 13.0 Å². The molecule has 2 aromatic rings. The predicted octanol–water partition coefficient (Wildman–Crippen LogP) is 1.31.